The molecule has 0 bridgehead atoms. The van der Waals surface area contributed by atoms with Gasteiger partial charge in [-0.25, -0.2) is 4.79 Å². The maximum Gasteiger partial charge on any atom is 0.334 e. The van der Waals surface area contributed by atoms with Crippen LogP contribution in [0.1, 0.15) is 56.1 Å². The summed E-state index contributed by atoms with van der Waals surface area (Å²) in [5.41, 5.74) is 4.94. The molecule has 1 aromatic rings. The van der Waals surface area contributed by atoms with Gasteiger partial charge in [-0.3, -0.25) is 0 Å². The van der Waals surface area contributed by atoms with Crippen molar-refractivity contribution in [3.8, 4) is 5.75 Å². The van der Waals surface area contributed by atoms with Crippen LogP contribution >= 0.6 is 0 Å². The first-order valence-electron chi connectivity index (χ1n) is 9.87. The van der Waals surface area contributed by atoms with Crippen LogP contribution in [-0.4, -0.2) is 17.2 Å². The van der Waals surface area contributed by atoms with Crippen molar-refractivity contribution in [2.45, 2.75) is 57.5 Å². The smallest absolute Gasteiger partial charge is 0.334 e. The van der Waals surface area contributed by atoms with Gasteiger partial charge in [-0.1, -0.05) is 25.6 Å². The molecule has 0 aromatic heterocycles. The lowest BCUT2D eigenvalue weighted by molar-refractivity contribution is -0.137. The molecule has 1 heterocycles. The highest BCUT2D eigenvalue weighted by atomic mass is 16.5. The number of aryl methyl sites for hydroxylation is 1. The summed E-state index contributed by atoms with van der Waals surface area (Å²) in [6.07, 6.45) is 8.71. The van der Waals surface area contributed by atoms with Crippen LogP contribution in [0.3, 0.4) is 0 Å². The van der Waals surface area contributed by atoms with Crippen molar-refractivity contribution < 1.29 is 14.6 Å². The van der Waals surface area contributed by atoms with E-state index in [-0.39, 0.29) is 17.5 Å². The quantitative estimate of drug-likeness (QED) is 0.455. The van der Waals surface area contributed by atoms with E-state index in [0.717, 1.165) is 12.8 Å². The summed E-state index contributed by atoms with van der Waals surface area (Å²) in [5, 5.41) is 9.82. The van der Waals surface area contributed by atoms with Crippen molar-refractivity contribution in [1.29, 1.82) is 0 Å². The molecular weight excluding hydrogens is 324 g/mol. The van der Waals surface area contributed by atoms with Crippen LogP contribution < -0.4 is 0 Å². The van der Waals surface area contributed by atoms with Crippen molar-refractivity contribution in [2.75, 3.05) is 0 Å². The molecule has 3 heteroatoms. The van der Waals surface area contributed by atoms with Crippen molar-refractivity contribution in [3.63, 3.8) is 0 Å². The highest BCUT2D eigenvalue weighted by molar-refractivity contribution is 5.90. The van der Waals surface area contributed by atoms with Gasteiger partial charge in [0, 0.05) is 12.0 Å². The van der Waals surface area contributed by atoms with Gasteiger partial charge in [-0.2, -0.15) is 0 Å². The molecule has 0 spiro atoms. The number of fused-ring (bicyclic) bond motifs is 5. The molecule has 2 fully saturated rings. The largest absolute Gasteiger partial charge is 0.508 e. The van der Waals surface area contributed by atoms with E-state index in [1.54, 1.807) is 0 Å². The maximum atomic E-state index is 11.8. The number of ether oxygens (including phenoxy) is 1. The van der Waals surface area contributed by atoms with Gasteiger partial charge in [0.1, 0.15) is 11.9 Å². The van der Waals surface area contributed by atoms with Crippen LogP contribution in [0.4, 0.5) is 0 Å². The number of carbonyl (C=O) groups is 1. The molecule has 5 rings (SSSR count). The molecule has 1 unspecified atom stereocenters. The van der Waals surface area contributed by atoms with Gasteiger partial charge in [0.05, 0.1) is 0 Å². The number of benzene rings is 1. The van der Waals surface area contributed by atoms with E-state index in [4.69, 9.17) is 4.74 Å². The third kappa shape index (κ3) is 2.29. The molecule has 3 nitrogen and oxygen atoms in total. The van der Waals surface area contributed by atoms with Crippen LogP contribution in [0.5, 0.6) is 5.75 Å². The summed E-state index contributed by atoms with van der Waals surface area (Å²) in [6.45, 7) is 6.24. The second-order valence-corrected chi connectivity index (χ2v) is 8.97. The monoisotopic (exact) mass is 350 g/mol. The number of hydrogen-bond donors (Lipinski definition) is 1. The Morgan fingerprint density at radius 1 is 1.27 bits per heavy atom. The van der Waals surface area contributed by atoms with Crippen LogP contribution in [0.25, 0.3) is 0 Å². The SMILES string of the molecule is C=C1CC(C2=C[C@@]3(C)CC[C@@H]4c5ccc(O)cc5CC[C@H]4[C@@H]3C2)OC1=O. The number of rotatable bonds is 1. The van der Waals surface area contributed by atoms with E-state index >= 15 is 0 Å². The predicted molar refractivity (Wildman–Crippen MR) is 99.8 cm³/mol. The normalized spacial score (nSPS) is 38.3. The zero-order valence-corrected chi connectivity index (χ0v) is 15.3. The summed E-state index contributed by atoms with van der Waals surface area (Å²) in [7, 11) is 0. The minimum atomic E-state index is -0.222. The van der Waals surface area contributed by atoms with E-state index in [1.807, 2.05) is 12.1 Å². The molecule has 3 aliphatic carbocycles. The number of phenols is 1. The lowest BCUT2D eigenvalue weighted by Gasteiger charge is -2.49. The number of cyclic esters (lactones) is 1. The van der Waals surface area contributed by atoms with Crippen molar-refractivity contribution in [1.82, 2.24) is 0 Å². The second-order valence-electron chi connectivity index (χ2n) is 8.97. The fraction of sp³-hybridized carbons (Fsp3) is 0.522. The second kappa shape index (κ2) is 5.48. The van der Waals surface area contributed by atoms with Crippen LogP contribution in [0.2, 0.25) is 0 Å². The molecule has 1 aliphatic heterocycles. The highest BCUT2D eigenvalue weighted by Crippen LogP contribution is 2.60. The Morgan fingerprint density at radius 3 is 2.88 bits per heavy atom. The molecule has 1 saturated heterocycles. The zero-order valence-electron chi connectivity index (χ0n) is 15.3. The number of aromatic hydroxyl groups is 1. The average molecular weight is 350 g/mol. The fourth-order valence-corrected chi connectivity index (χ4v) is 6.21. The van der Waals surface area contributed by atoms with Gasteiger partial charge in [-0.15, -0.1) is 0 Å². The van der Waals surface area contributed by atoms with Crippen molar-refractivity contribution in [2.24, 2.45) is 17.3 Å². The molecule has 1 N–H and O–H groups in total. The minimum Gasteiger partial charge on any atom is -0.508 e. The first-order valence-corrected chi connectivity index (χ1v) is 9.87. The molecule has 1 aromatic carbocycles. The number of phenolic OH excluding ortho intramolecular Hbond substituents is 1. The number of carbonyl (C=O) groups excluding carboxylic acids is 1. The Balaban J connectivity index is 1.43. The van der Waals surface area contributed by atoms with Crippen LogP contribution in [0, 0.1) is 17.3 Å². The summed E-state index contributed by atoms with van der Waals surface area (Å²) in [4.78, 5) is 11.8. The third-order valence-electron chi connectivity index (χ3n) is 7.50. The molecular formula is C23H26O3. The Hall–Kier alpha value is -2.03. The zero-order chi connectivity index (χ0) is 18.1. The standard InChI is InChI=1S/C23H26O3/c1-13-9-21(26-22(13)25)15-11-20-19-5-3-14-10-16(24)4-6-17(14)18(19)7-8-23(20,2)12-15/h4,6,10,12,18-21,24H,1,3,5,7-9,11H2,2H3/t18-,19-,20+,21?,23-/m1/s1. The Labute approximate surface area is 154 Å². The number of esters is 1. The van der Waals surface area contributed by atoms with Crippen LogP contribution in [-0.2, 0) is 16.0 Å². The number of hydrogen-bond acceptors (Lipinski definition) is 3. The first kappa shape index (κ1) is 16.2. The minimum absolute atomic E-state index is 0.0799. The highest BCUT2D eigenvalue weighted by Gasteiger charge is 2.51. The van der Waals surface area contributed by atoms with Gasteiger partial charge in [0.15, 0.2) is 0 Å². The van der Waals surface area contributed by atoms with E-state index in [0.29, 0.717) is 35.5 Å². The molecule has 5 atom stereocenters. The van der Waals surface area contributed by atoms with E-state index in [2.05, 4.69) is 25.6 Å². The fourth-order valence-electron chi connectivity index (χ4n) is 6.21. The molecule has 0 radical (unpaired) electrons. The predicted octanol–water partition coefficient (Wildman–Crippen LogP) is 4.66. The Kier molecular flexibility index (Phi) is 3.41. The van der Waals surface area contributed by atoms with Crippen molar-refractivity contribution >= 4 is 5.97 Å². The van der Waals surface area contributed by atoms with E-state index in [9.17, 15) is 9.90 Å². The van der Waals surface area contributed by atoms with Crippen LogP contribution in [0.15, 0.2) is 42.0 Å². The van der Waals surface area contributed by atoms with Crippen molar-refractivity contribution in [3.05, 3.63) is 53.1 Å². The van der Waals surface area contributed by atoms with E-state index in [1.165, 1.54) is 36.0 Å². The summed E-state index contributed by atoms with van der Waals surface area (Å²) in [6, 6.07) is 5.95. The molecule has 1 saturated carbocycles. The van der Waals surface area contributed by atoms with E-state index < -0.39 is 0 Å². The summed E-state index contributed by atoms with van der Waals surface area (Å²) < 4.78 is 5.58. The molecule has 26 heavy (non-hydrogen) atoms. The lowest BCUT2D eigenvalue weighted by Crippen LogP contribution is -2.39. The molecule has 0 amide bonds. The van der Waals surface area contributed by atoms with Gasteiger partial charge < -0.3 is 9.84 Å². The van der Waals surface area contributed by atoms with Gasteiger partial charge in [0.25, 0.3) is 0 Å². The average Bonchev–Trinajstić information content (AvgIpc) is 3.14. The topological polar surface area (TPSA) is 46.5 Å². The Morgan fingerprint density at radius 2 is 2.12 bits per heavy atom. The summed E-state index contributed by atoms with van der Waals surface area (Å²) in [5.74, 6) is 2.08. The number of allylic oxidation sites excluding steroid dienone is 1. The molecule has 4 aliphatic rings. The van der Waals surface area contributed by atoms with Gasteiger partial charge >= 0.3 is 5.97 Å². The van der Waals surface area contributed by atoms with Gasteiger partial charge in [0.2, 0.25) is 0 Å². The van der Waals surface area contributed by atoms with Gasteiger partial charge in [-0.05, 0) is 84.1 Å². The maximum absolute atomic E-state index is 11.8. The third-order valence-corrected chi connectivity index (χ3v) is 7.50. The first-order chi connectivity index (χ1) is 12.4. The Bertz CT molecular complexity index is 820. The lowest BCUT2D eigenvalue weighted by atomic mass is 9.56. The molecule has 136 valence electrons. The summed E-state index contributed by atoms with van der Waals surface area (Å²) >= 11 is 0.